The monoisotopic (exact) mass is 591 g/mol. The number of nitrogens with two attached hydrogens (primary N) is 1. The second-order valence-corrected chi connectivity index (χ2v) is 11.7. The number of carbonyl (C=O) groups excluding carboxylic acids is 2. The molecule has 4 aromatic rings. The number of pyridine rings is 1. The second-order valence-electron chi connectivity index (χ2n) is 9.44. The minimum Gasteiger partial charge on any atom is -0.497 e. The van der Waals surface area contributed by atoms with Crippen molar-refractivity contribution in [3.8, 4) is 11.5 Å². The lowest BCUT2D eigenvalue weighted by Crippen LogP contribution is -2.34. The van der Waals surface area contributed by atoms with Crippen LogP contribution in [0.4, 0.5) is 17.2 Å². The number of hydrogen-bond acceptors (Lipinski definition) is 9. The number of fused-ring (bicyclic) bond motifs is 1. The van der Waals surface area contributed by atoms with Gasteiger partial charge in [-0.3, -0.25) is 9.59 Å². The van der Waals surface area contributed by atoms with E-state index in [4.69, 9.17) is 15.2 Å². The summed E-state index contributed by atoms with van der Waals surface area (Å²) in [5.74, 6) is 0.462. The summed E-state index contributed by atoms with van der Waals surface area (Å²) in [4.78, 5) is 29.7. The molecule has 0 radical (unpaired) electrons. The summed E-state index contributed by atoms with van der Waals surface area (Å²) >= 11 is 0. The van der Waals surface area contributed by atoms with E-state index in [-0.39, 0.29) is 23.1 Å². The lowest BCUT2D eigenvalue weighted by Gasteiger charge is -2.23. The van der Waals surface area contributed by atoms with Gasteiger partial charge in [-0.2, -0.15) is 0 Å². The van der Waals surface area contributed by atoms with Crippen molar-refractivity contribution in [1.82, 2.24) is 10.3 Å². The van der Waals surface area contributed by atoms with Gasteiger partial charge in [-0.1, -0.05) is 6.92 Å². The molecule has 42 heavy (non-hydrogen) atoms. The lowest BCUT2D eigenvalue weighted by molar-refractivity contribution is -0.122. The Labute approximate surface area is 244 Å². The largest absolute Gasteiger partial charge is 0.497 e. The fraction of sp³-hybridized carbons (Fsp3) is 0.233. The van der Waals surface area contributed by atoms with Crippen LogP contribution in [0.5, 0.6) is 11.5 Å². The highest BCUT2D eigenvalue weighted by molar-refractivity contribution is 7.91. The van der Waals surface area contributed by atoms with E-state index in [1.807, 2.05) is 18.2 Å². The molecule has 0 fully saturated rings. The normalized spacial score (nSPS) is 11.9. The molecule has 3 aromatic carbocycles. The molecule has 11 nitrogen and oxygen atoms in total. The first kappa shape index (κ1) is 30.1. The first-order valence-corrected chi connectivity index (χ1v) is 14.7. The van der Waals surface area contributed by atoms with E-state index in [0.29, 0.717) is 39.8 Å². The molecule has 1 heterocycles. The molecule has 0 saturated carbocycles. The first-order chi connectivity index (χ1) is 20.1. The third-order valence-corrected chi connectivity index (χ3v) is 8.49. The fourth-order valence-corrected chi connectivity index (χ4v) is 5.67. The quantitative estimate of drug-likeness (QED) is 0.202. The van der Waals surface area contributed by atoms with Crippen LogP contribution < -0.4 is 31.2 Å². The van der Waals surface area contributed by atoms with Crippen LogP contribution >= 0.6 is 0 Å². The molecular weight excluding hydrogens is 558 g/mol. The fourth-order valence-electron chi connectivity index (χ4n) is 4.55. The average molecular weight is 592 g/mol. The van der Waals surface area contributed by atoms with Crippen LogP contribution in [-0.2, 0) is 26.0 Å². The predicted octanol–water partition coefficient (Wildman–Crippen LogP) is 4.06. The van der Waals surface area contributed by atoms with Gasteiger partial charge < -0.3 is 31.2 Å². The Morgan fingerprint density at radius 3 is 2.43 bits per heavy atom. The Balaban J connectivity index is 1.73. The van der Waals surface area contributed by atoms with Crippen LogP contribution in [0.1, 0.15) is 31.0 Å². The number of sulfone groups is 1. The van der Waals surface area contributed by atoms with E-state index >= 15 is 0 Å². The molecule has 2 amide bonds. The van der Waals surface area contributed by atoms with Gasteiger partial charge in [0.05, 0.1) is 24.9 Å². The molecule has 0 aliphatic rings. The smallest absolute Gasteiger partial charge is 0.247 e. The van der Waals surface area contributed by atoms with Gasteiger partial charge in [0.1, 0.15) is 23.4 Å². The topological polar surface area (TPSA) is 162 Å². The molecular formula is C30H33N5O6S. The minimum absolute atomic E-state index is 0.0728. The number of carbonyl (C=O) groups is 2. The molecule has 4 rings (SSSR count). The molecule has 0 aliphatic carbocycles. The number of nitrogens with one attached hydrogen (secondary N) is 3. The predicted molar refractivity (Wildman–Crippen MR) is 162 cm³/mol. The Bertz CT molecular complexity index is 1740. The van der Waals surface area contributed by atoms with Crippen molar-refractivity contribution in [3.05, 3.63) is 78.0 Å². The van der Waals surface area contributed by atoms with Gasteiger partial charge in [-0.05, 0) is 71.6 Å². The molecule has 1 aromatic heterocycles. The van der Waals surface area contributed by atoms with Crippen LogP contribution in [0.25, 0.3) is 10.8 Å². The van der Waals surface area contributed by atoms with Crippen LogP contribution in [0.2, 0.25) is 0 Å². The van der Waals surface area contributed by atoms with Crippen molar-refractivity contribution in [2.24, 2.45) is 0 Å². The summed E-state index contributed by atoms with van der Waals surface area (Å²) in [6.45, 7) is 2.78. The summed E-state index contributed by atoms with van der Waals surface area (Å²) in [6.07, 6.45) is 1.60. The molecule has 220 valence electrons. The van der Waals surface area contributed by atoms with Crippen molar-refractivity contribution < 1.29 is 27.5 Å². The number of nitrogens with zero attached hydrogens (tertiary/aromatic N) is 1. The number of ether oxygens (including phenoxy) is 2. The van der Waals surface area contributed by atoms with Crippen molar-refractivity contribution in [2.75, 3.05) is 36.3 Å². The van der Waals surface area contributed by atoms with E-state index in [0.717, 1.165) is 10.8 Å². The van der Waals surface area contributed by atoms with Crippen LogP contribution in [-0.4, -0.2) is 45.2 Å². The highest BCUT2D eigenvalue weighted by Gasteiger charge is 2.26. The maximum Gasteiger partial charge on any atom is 0.247 e. The molecule has 0 bridgehead atoms. The summed E-state index contributed by atoms with van der Waals surface area (Å²) in [5.41, 5.74) is 7.88. The van der Waals surface area contributed by atoms with Gasteiger partial charge in [0.15, 0.2) is 9.84 Å². The van der Waals surface area contributed by atoms with E-state index in [1.165, 1.54) is 33.3 Å². The number of benzene rings is 3. The summed E-state index contributed by atoms with van der Waals surface area (Å²) < 4.78 is 36.6. The van der Waals surface area contributed by atoms with E-state index in [1.54, 1.807) is 43.5 Å². The number of methoxy groups -OCH3 is 2. The number of rotatable bonds is 11. The van der Waals surface area contributed by atoms with Gasteiger partial charge >= 0.3 is 0 Å². The first-order valence-electron chi connectivity index (χ1n) is 13.1. The van der Waals surface area contributed by atoms with Crippen molar-refractivity contribution in [3.63, 3.8) is 0 Å². The molecule has 0 spiro atoms. The average Bonchev–Trinajstić information content (AvgIpc) is 2.98. The van der Waals surface area contributed by atoms with E-state index < -0.39 is 21.8 Å². The van der Waals surface area contributed by atoms with Crippen molar-refractivity contribution in [1.29, 1.82) is 0 Å². The molecule has 12 heteroatoms. The number of anilines is 3. The number of amides is 2. The zero-order valence-electron chi connectivity index (χ0n) is 23.7. The Morgan fingerprint density at radius 1 is 0.976 bits per heavy atom. The van der Waals surface area contributed by atoms with Gasteiger partial charge in [0, 0.05) is 42.0 Å². The Kier molecular flexibility index (Phi) is 9.16. The number of hydrogen-bond donors (Lipinski definition) is 4. The SMILES string of the molecule is CCS(=O)(=O)c1ccc(NC(C)=O)cc1CNC(=O)C(Nc1ccc2c(N)nccc2c1)c1cc(OC)ccc1OC. The van der Waals surface area contributed by atoms with Gasteiger partial charge in [0.2, 0.25) is 11.8 Å². The maximum absolute atomic E-state index is 13.9. The molecule has 1 unspecified atom stereocenters. The van der Waals surface area contributed by atoms with E-state index in [9.17, 15) is 18.0 Å². The van der Waals surface area contributed by atoms with Crippen LogP contribution in [0, 0.1) is 0 Å². The van der Waals surface area contributed by atoms with Crippen LogP contribution in [0.3, 0.4) is 0 Å². The molecule has 5 N–H and O–H groups in total. The summed E-state index contributed by atoms with van der Waals surface area (Å²) in [7, 11) is -0.595. The zero-order valence-corrected chi connectivity index (χ0v) is 24.5. The highest BCUT2D eigenvalue weighted by Crippen LogP contribution is 2.33. The summed E-state index contributed by atoms with van der Waals surface area (Å²) in [6, 6.07) is 15.9. The number of nitrogen functional groups attached to an aromatic ring is 1. The van der Waals surface area contributed by atoms with Crippen molar-refractivity contribution in [2.45, 2.75) is 31.3 Å². The number of aromatic nitrogens is 1. The molecule has 0 aliphatic heterocycles. The van der Waals surface area contributed by atoms with E-state index in [2.05, 4.69) is 20.9 Å². The Hall–Kier alpha value is -4.84. The lowest BCUT2D eigenvalue weighted by atomic mass is 10.0. The third-order valence-electron chi connectivity index (χ3n) is 6.67. The molecule has 1 atom stereocenters. The highest BCUT2D eigenvalue weighted by atomic mass is 32.2. The third kappa shape index (κ3) is 6.72. The standard InChI is InChI=1S/C30H33N5O6S/c1-5-42(38,39)27-11-7-21(34-18(2)36)15-20(27)17-33-30(37)28(25-16-23(40-3)8-10-26(25)41-4)35-22-6-9-24-19(14-22)12-13-32-29(24)31/h6-16,28,35H,5,17H2,1-4H3,(H2,31,32)(H,33,37)(H,34,36). The second kappa shape index (κ2) is 12.8. The zero-order chi connectivity index (χ0) is 30.4. The van der Waals surface area contributed by atoms with Crippen molar-refractivity contribution >= 4 is 49.6 Å². The van der Waals surface area contributed by atoms with Crippen LogP contribution in [0.15, 0.2) is 71.8 Å². The Morgan fingerprint density at radius 2 is 1.74 bits per heavy atom. The van der Waals surface area contributed by atoms with Gasteiger partial charge in [0.25, 0.3) is 0 Å². The molecule has 0 saturated heterocycles. The maximum atomic E-state index is 13.9. The van der Waals surface area contributed by atoms with Gasteiger partial charge in [-0.25, -0.2) is 13.4 Å². The van der Waals surface area contributed by atoms with Gasteiger partial charge in [-0.15, -0.1) is 0 Å². The summed E-state index contributed by atoms with van der Waals surface area (Å²) in [5, 5.41) is 10.4. The minimum atomic E-state index is -3.62.